The van der Waals surface area contributed by atoms with Crippen molar-refractivity contribution >= 4 is 11.6 Å². The number of rotatable bonds is 0. The molecule has 0 bridgehead atoms. The smallest absolute Gasteiger partial charge is 0.0621 e. The van der Waals surface area contributed by atoms with E-state index in [0.29, 0.717) is 0 Å². The lowest BCUT2D eigenvalue weighted by Crippen LogP contribution is -2.13. The molecule has 0 aromatic carbocycles. The quantitative estimate of drug-likeness (QED) is 0.601. The third-order valence-electron chi connectivity index (χ3n) is 1.96. The van der Waals surface area contributed by atoms with Crippen molar-refractivity contribution in [1.82, 2.24) is 4.98 Å². The molecular weight excluding hydrogens is 170 g/mol. The lowest BCUT2D eigenvalue weighted by atomic mass is 9.85. The molecule has 0 N–H and O–H groups in total. The monoisotopic (exact) mass is 183 g/mol. The summed E-state index contributed by atoms with van der Waals surface area (Å²) < 4.78 is 0. The number of pyridine rings is 1. The Morgan fingerprint density at radius 1 is 1.25 bits per heavy atom. The molecule has 0 radical (unpaired) electrons. The van der Waals surface area contributed by atoms with Gasteiger partial charge in [-0.2, -0.15) is 0 Å². The maximum atomic E-state index is 5.96. The van der Waals surface area contributed by atoms with Crippen molar-refractivity contribution in [3.05, 3.63) is 28.5 Å². The van der Waals surface area contributed by atoms with E-state index in [4.69, 9.17) is 11.6 Å². The number of nitrogens with zero attached hydrogens (tertiary/aromatic N) is 1. The summed E-state index contributed by atoms with van der Waals surface area (Å²) in [6.45, 7) is 8.51. The first kappa shape index (κ1) is 9.53. The van der Waals surface area contributed by atoms with Crippen LogP contribution in [0.5, 0.6) is 0 Å². The van der Waals surface area contributed by atoms with E-state index in [-0.39, 0.29) is 5.41 Å². The number of aromatic nitrogens is 1. The third kappa shape index (κ3) is 1.78. The van der Waals surface area contributed by atoms with Crippen molar-refractivity contribution in [2.24, 2.45) is 0 Å². The number of halogens is 1. The maximum absolute atomic E-state index is 5.96. The highest BCUT2D eigenvalue weighted by Crippen LogP contribution is 2.28. The summed E-state index contributed by atoms with van der Waals surface area (Å²) in [5.41, 5.74) is 2.48. The molecule has 1 heterocycles. The summed E-state index contributed by atoms with van der Waals surface area (Å²) in [6, 6.07) is 0. The fraction of sp³-hybridized carbons (Fsp3) is 0.500. The van der Waals surface area contributed by atoms with Crippen LogP contribution in [0.3, 0.4) is 0 Å². The first-order valence-electron chi connectivity index (χ1n) is 4.03. The van der Waals surface area contributed by atoms with Gasteiger partial charge in [0, 0.05) is 12.4 Å². The molecule has 1 aromatic rings. The van der Waals surface area contributed by atoms with Crippen LogP contribution < -0.4 is 0 Å². The molecule has 2 heteroatoms. The van der Waals surface area contributed by atoms with Crippen molar-refractivity contribution in [2.45, 2.75) is 33.1 Å². The summed E-state index contributed by atoms with van der Waals surface area (Å²) in [6.07, 6.45) is 3.58. The molecule has 0 aliphatic carbocycles. The molecule has 0 saturated carbocycles. The molecule has 0 amide bonds. The zero-order valence-electron chi connectivity index (χ0n) is 7.98. The molecule has 0 fully saturated rings. The second-order valence-electron chi connectivity index (χ2n) is 4.04. The van der Waals surface area contributed by atoms with Gasteiger partial charge in [-0.1, -0.05) is 32.4 Å². The normalized spacial score (nSPS) is 11.8. The first-order chi connectivity index (χ1) is 5.43. The summed E-state index contributed by atoms with van der Waals surface area (Å²) in [5, 5.41) is 0.752. The van der Waals surface area contributed by atoms with Gasteiger partial charge in [0.25, 0.3) is 0 Å². The van der Waals surface area contributed by atoms with Gasteiger partial charge < -0.3 is 0 Å². The minimum Gasteiger partial charge on any atom is -0.263 e. The average Bonchev–Trinajstić information content (AvgIpc) is 1.92. The molecule has 1 nitrogen and oxygen atoms in total. The summed E-state index contributed by atoms with van der Waals surface area (Å²) in [4.78, 5) is 4.08. The topological polar surface area (TPSA) is 12.9 Å². The zero-order chi connectivity index (χ0) is 9.35. The Balaban J connectivity index is 3.26. The van der Waals surface area contributed by atoms with Crippen LogP contribution in [0.25, 0.3) is 0 Å². The van der Waals surface area contributed by atoms with Crippen LogP contribution in [-0.4, -0.2) is 4.98 Å². The number of hydrogen-bond donors (Lipinski definition) is 0. The minimum atomic E-state index is 0.127. The minimum absolute atomic E-state index is 0.127. The maximum Gasteiger partial charge on any atom is 0.0621 e. The van der Waals surface area contributed by atoms with Crippen LogP contribution in [0.1, 0.15) is 31.9 Å². The first-order valence-corrected chi connectivity index (χ1v) is 4.41. The third-order valence-corrected chi connectivity index (χ3v) is 2.34. The van der Waals surface area contributed by atoms with Crippen LogP contribution >= 0.6 is 11.6 Å². The van der Waals surface area contributed by atoms with Crippen LogP contribution in [0, 0.1) is 6.92 Å². The summed E-state index contributed by atoms with van der Waals surface area (Å²) >= 11 is 5.96. The standard InChI is InChI=1S/C10H14ClN/c1-7-8(10(2,3)4)5-12-6-9(7)11/h5-6H,1-4H3. The van der Waals surface area contributed by atoms with Crippen molar-refractivity contribution in [1.29, 1.82) is 0 Å². The van der Waals surface area contributed by atoms with E-state index in [2.05, 4.69) is 25.8 Å². The van der Waals surface area contributed by atoms with Crippen LogP contribution in [0.15, 0.2) is 12.4 Å². The second kappa shape index (κ2) is 3.06. The molecule has 1 rings (SSSR count). The Kier molecular flexibility index (Phi) is 2.43. The number of hydrogen-bond acceptors (Lipinski definition) is 1. The molecular formula is C10H14ClN. The van der Waals surface area contributed by atoms with Gasteiger partial charge in [0.15, 0.2) is 0 Å². The molecule has 0 saturated heterocycles. The highest BCUT2D eigenvalue weighted by Gasteiger charge is 2.17. The fourth-order valence-corrected chi connectivity index (χ4v) is 1.41. The average molecular weight is 184 g/mol. The Morgan fingerprint density at radius 3 is 2.25 bits per heavy atom. The van der Waals surface area contributed by atoms with Crippen LogP contribution in [0.4, 0.5) is 0 Å². The largest absolute Gasteiger partial charge is 0.263 e. The fourth-order valence-electron chi connectivity index (χ4n) is 1.26. The molecule has 66 valence electrons. The Morgan fingerprint density at radius 2 is 1.83 bits per heavy atom. The molecule has 0 aliphatic heterocycles. The molecule has 0 atom stereocenters. The van der Waals surface area contributed by atoms with Gasteiger partial charge in [-0.05, 0) is 23.5 Å². The van der Waals surface area contributed by atoms with Crippen molar-refractivity contribution in [3.63, 3.8) is 0 Å². The van der Waals surface area contributed by atoms with E-state index in [9.17, 15) is 0 Å². The van der Waals surface area contributed by atoms with Gasteiger partial charge in [-0.25, -0.2) is 0 Å². The predicted octanol–water partition coefficient (Wildman–Crippen LogP) is 3.34. The zero-order valence-corrected chi connectivity index (χ0v) is 8.74. The lowest BCUT2D eigenvalue weighted by Gasteiger charge is -2.21. The van der Waals surface area contributed by atoms with Crippen molar-refractivity contribution < 1.29 is 0 Å². The molecule has 12 heavy (non-hydrogen) atoms. The van der Waals surface area contributed by atoms with Crippen molar-refractivity contribution in [3.8, 4) is 0 Å². The van der Waals surface area contributed by atoms with Gasteiger partial charge in [-0.15, -0.1) is 0 Å². The van der Waals surface area contributed by atoms with Crippen LogP contribution in [0.2, 0.25) is 5.02 Å². The van der Waals surface area contributed by atoms with E-state index in [1.807, 2.05) is 13.1 Å². The Hall–Kier alpha value is -0.560. The second-order valence-corrected chi connectivity index (χ2v) is 4.45. The van der Waals surface area contributed by atoms with E-state index in [0.717, 1.165) is 10.6 Å². The van der Waals surface area contributed by atoms with Crippen molar-refractivity contribution in [2.75, 3.05) is 0 Å². The molecule has 1 aromatic heterocycles. The van der Waals surface area contributed by atoms with Gasteiger partial charge in [0.2, 0.25) is 0 Å². The highest BCUT2D eigenvalue weighted by molar-refractivity contribution is 6.31. The lowest BCUT2D eigenvalue weighted by molar-refractivity contribution is 0.583. The molecule has 0 spiro atoms. The van der Waals surface area contributed by atoms with E-state index in [1.165, 1.54) is 5.56 Å². The van der Waals surface area contributed by atoms with Gasteiger partial charge >= 0.3 is 0 Å². The molecule has 0 aliphatic rings. The Bertz CT molecular complexity index is 286. The van der Waals surface area contributed by atoms with E-state index >= 15 is 0 Å². The van der Waals surface area contributed by atoms with E-state index in [1.54, 1.807) is 6.20 Å². The highest BCUT2D eigenvalue weighted by atomic mass is 35.5. The predicted molar refractivity (Wildman–Crippen MR) is 52.7 cm³/mol. The Labute approximate surface area is 78.8 Å². The van der Waals surface area contributed by atoms with Gasteiger partial charge in [-0.3, -0.25) is 4.98 Å². The summed E-state index contributed by atoms with van der Waals surface area (Å²) in [5.74, 6) is 0. The summed E-state index contributed by atoms with van der Waals surface area (Å²) in [7, 11) is 0. The van der Waals surface area contributed by atoms with E-state index < -0.39 is 0 Å². The van der Waals surface area contributed by atoms with Gasteiger partial charge in [0.05, 0.1) is 5.02 Å². The van der Waals surface area contributed by atoms with Crippen LogP contribution in [-0.2, 0) is 5.41 Å². The SMILES string of the molecule is Cc1c(Cl)cncc1C(C)(C)C. The van der Waals surface area contributed by atoms with Gasteiger partial charge in [0.1, 0.15) is 0 Å². The molecule has 0 unspecified atom stereocenters.